The molecule has 2 atom stereocenters. The van der Waals surface area contributed by atoms with Gasteiger partial charge in [-0.05, 0) is 60.7 Å². The van der Waals surface area contributed by atoms with Crippen molar-refractivity contribution in [2.24, 2.45) is 17.6 Å². The van der Waals surface area contributed by atoms with Gasteiger partial charge in [-0.1, -0.05) is 53.5 Å². The van der Waals surface area contributed by atoms with E-state index in [1.54, 1.807) is 12.1 Å². The van der Waals surface area contributed by atoms with Gasteiger partial charge in [0.1, 0.15) is 0 Å². The Hall–Kier alpha value is -1.73. The Balaban J connectivity index is 1.31. The van der Waals surface area contributed by atoms with Crippen LogP contribution in [0.3, 0.4) is 0 Å². The maximum Gasteiger partial charge on any atom is 0.281 e. The van der Waals surface area contributed by atoms with E-state index in [0.29, 0.717) is 35.4 Å². The number of primary amides is 1. The van der Waals surface area contributed by atoms with Crippen molar-refractivity contribution in [1.29, 1.82) is 0 Å². The van der Waals surface area contributed by atoms with Gasteiger partial charge in [0, 0.05) is 31.1 Å². The highest BCUT2D eigenvalue weighted by molar-refractivity contribution is 8.13. The maximum atomic E-state index is 13.1. The number of thioether (sulfide) groups is 1. The minimum absolute atomic E-state index is 0.149. The lowest BCUT2D eigenvalue weighted by Crippen LogP contribution is -2.34. The van der Waals surface area contributed by atoms with Crippen molar-refractivity contribution in [1.82, 2.24) is 9.80 Å². The minimum Gasteiger partial charge on any atom is -0.360 e. The van der Waals surface area contributed by atoms with Gasteiger partial charge in [-0.25, -0.2) is 0 Å². The second kappa shape index (κ2) is 9.82. The molecule has 2 aliphatic heterocycles. The fourth-order valence-electron chi connectivity index (χ4n) is 4.53. The van der Waals surface area contributed by atoms with Crippen molar-refractivity contribution in [3.63, 3.8) is 0 Å². The van der Waals surface area contributed by atoms with E-state index in [-0.39, 0.29) is 16.0 Å². The molecule has 2 aliphatic rings. The van der Waals surface area contributed by atoms with Gasteiger partial charge >= 0.3 is 0 Å². The molecule has 0 spiro atoms. The first kappa shape index (κ1) is 22.5. The molecule has 1 unspecified atom stereocenters. The van der Waals surface area contributed by atoms with Gasteiger partial charge in [-0.15, -0.1) is 0 Å². The molecule has 0 saturated carbocycles. The van der Waals surface area contributed by atoms with Crippen molar-refractivity contribution in [2.45, 2.75) is 11.3 Å². The number of rotatable bonds is 6. The zero-order valence-corrected chi connectivity index (χ0v) is 19.3. The Morgan fingerprint density at radius 1 is 1.03 bits per heavy atom. The van der Waals surface area contributed by atoms with Crippen LogP contribution in [-0.2, 0) is 0 Å². The van der Waals surface area contributed by atoms with E-state index in [4.69, 9.17) is 28.9 Å². The van der Waals surface area contributed by atoms with E-state index in [1.807, 2.05) is 11.0 Å². The molecule has 2 amide bonds. The minimum atomic E-state index is -0.551. The summed E-state index contributed by atoms with van der Waals surface area (Å²) in [6.07, 6.45) is 3.29. The lowest BCUT2D eigenvalue weighted by atomic mass is 10.0. The number of fused-ring (bicyclic) bond motifs is 1. The average Bonchev–Trinajstić information content (AvgIpc) is 3.26. The lowest BCUT2D eigenvalue weighted by Gasteiger charge is -2.22. The van der Waals surface area contributed by atoms with Crippen LogP contribution in [-0.4, -0.2) is 53.7 Å². The fraction of sp³-hybridized carbons (Fsp3) is 0.348. The topological polar surface area (TPSA) is 66.6 Å². The number of nitrogens with zero attached hydrogens (tertiary/aromatic N) is 2. The molecule has 0 aromatic heterocycles. The normalized spacial score (nSPS) is 20.8. The standard InChI is InChI=1S/C23H24Cl2N3O2S/c24-19-9-18(31-23(26)30)10-20(25)21(19)22(29)28-13-16-11-27(12-17(16)14-28)8-4-7-15-5-2-1-3-6-15/h1-3,5-7,9-10,16-17H,4,8,11-14H2,(H2,26,30)/t16-,17?/m0/s1. The Labute approximate surface area is 196 Å². The summed E-state index contributed by atoms with van der Waals surface area (Å²) in [4.78, 5) is 29.1. The molecule has 2 aromatic rings. The molecule has 0 bridgehead atoms. The van der Waals surface area contributed by atoms with E-state index in [9.17, 15) is 9.59 Å². The predicted molar refractivity (Wildman–Crippen MR) is 126 cm³/mol. The van der Waals surface area contributed by atoms with Gasteiger partial charge in [0.05, 0.1) is 15.6 Å². The van der Waals surface area contributed by atoms with Crippen LogP contribution in [0.5, 0.6) is 0 Å². The molecule has 1 radical (unpaired) electrons. The third-order valence-electron chi connectivity index (χ3n) is 5.92. The van der Waals surface area contributed by atoms with Gasteiger partial charge in [0.15, 0.2) is 0 Å². The van der Waals surface area contributed by atoms with Crippen molar-refractivity contribution in [2.75, 3.05) is 32.7 Å². The highest BCUT2D eigenvalue weighted by Crippen LogP contribution is 2.36. The second-order valence-corrected chi connectivity index (χ2v) is 9.97. The fourth-order valence-corrected chi connectivity index (χ4v) is 5.89. The van der Waals surface area contributed by atoms with Crippen LogP contribution in [0.4, 0.5) is 4.79 Å². The smallest absolute Gasteiger partial charge is 0.281 e. The largest absolute Gasteiger partial charge is 0.360 e. The van der Waals surface area contributed by atoms with Crippen molar-refractivity contribution >= 4 is 46.1 Å². The van der Waals surface area contributed by atoms with Gasteiger partial charge < -0.3 is 15.5 Å². The summed E-state index contributed by atoms with van der Waals surface area (Å²) in [6, 6.07) is 13.5. The third-order valence-corrected chi connectivity index (χ3v) is 7.19. The Morgan fingerprint density at radius 2 is 1.65 bits per heavy atom. The first-order valence-corrected chi connectivity index (χ1v) is 11.8. The summed E-state index contributed by atoms with van der Waals surface area (Å²) in [5, 5.41) is -0.0581. The number of nitrogens with two attached hydrogens (primary N) is 1. The zero-order chi connectivity index (χ0) is 22.0. The van der Waals surface area contributed by atoms with Gasteiger partial charge in [0.2, 0.25) is 0 Å². The molecule has 163 valence electrons. The van der Waals surface area contributed by atoms with Crippen LogP contribution in [0.15, 0.2) is 47.4 Å². The molecule has 2 heterocycles. The van der Waals surface area contributed by atoms with Crippen molar-refractivity contribution in [3.05, 3.63) is 70.1 Å². The quantitative estimate of drug-likeness (QED) is 0.607. The third kappa shape index (κ3) is 5.37. The predicted octanol–water partition coefficient (Wildman–Crippen LogP) is 4.81. The number of likely N-dealkylation sites (tertiary alicyclic amines) is 2. The first-order chi connectivity index (χ1) is 14.9. The lowest BCUT2D eigenvalue weighted by molar-refractivity contribution is 0.0774. The second-order valence-electron chi connectivity index (χ2n) is 8.08. The number of benzene rings is 2. The van der Waals surface area contributed by atoms with Crippen molar-refractivity contribution < 1.29 is 9.59 Å². The summed E-state index contributed by atoms with van der Waals surface area (Å²) in [7, 11) is 0. The molecule has 0 aliphatic carbocycles. The van der Waals surface area contributed by atoms with E-state index in [2.05, 4.69) is 35.6 Å². The molecule has 31 heavy (non-hydrogen) atoms. The number of carbonyl (C=O) groups is 2. The van der Waals surface area contributed by atoms with Crippen molar-refractivity contribution in [3.8, 4) is 0 Å². The van der Waals surface area contributed by atoms with Crippen LogP contribution in [0.2, 0.25) is 10.0 Å². The summed E-state index contributed by atoms with van der Waals surface area (Å²) in [6.45, 7) is 4.48. The summed E-state index contributed by atoms with van der Waals surface area (Å²) >= 11 is 13.5. The Morgan fingerprint density at radius 3 is 2.23 bits per heavy atom. The average molecular weight is 477 g/mol. The SMILES string of the molecule is NC(=O)Sc1cc(Cl)c(C(=O)N2CC3CN(CC[CH]c4ccccc4)C[C@H]3C2)c(Cl)c1. The molecular weight excluding hydrogens is 453 g/mol. The summed E-state index contributed by atoms with van der Waals surface area (Å²) in [5.41, 5.74) is 6.76. The van der Waals surface area contributed by atoms with Crippen LogP contribution < -0.4 is 5.73 Å². The van der Waals surface area contributed by atoms with E-state index >= 15 is 0 Å². The highest BCUT2D eigenvalue weighted by Gasteiger charge is 2.42. The van der Waals surface area contributed by atoms with E-state index in [0.717, 1.165) is 37.8 Å². The van der Waals surface area contributed by atoms with Gasteiger partial charge in [-0.3, -0.25) is 9.59 Å². The summed E-state index contributed by atoms with van der Waals surface area (Å²) < 4.78 is 0. The van der Waals surface area contributed by atoms with Crippen LogP contribution in [0, 0.1) is 18.3 Å². The van der Waals surface area contributed by atoms with Crippen LogP contribution >= 0.6 is 35.0 Å². The highest BCUT2D eigenvalue weighted by atomic mass is 35.5. The molecule has 8 heteroatoms. The van der Waals surface area contributed by atoms with Gasteiger partial charge in [0.25, 0.3) is 11.1 Å². The molecule has 4 rings (SSSR count). The molecule has 2 saturated heterocycles. The van der Waals surface area contributed by atoms with Crippen LogP contribution in [0.25, 0.3) is 0 Å². The van der Waals surface area contributed by atoms with E-state index in [1.165, 1.54) is 5.56 Å². The number of hydrogen-bond donors (Lipinski definition) is 1. The number of halogens is 2. The molecular formula is C23H24Cl2N3O2S. The maximum absolute atomic E-state index is 13.1. The summed E-state index contributed by atoms with van der Waals surface area (Å²) in [5.74, 6) is 0.801. The van der Waals surface area contributed by atoms with E-state index < -0.39 is 5.24 Å². The Bertz CT molecular complexity index is 936. The zero-order valence-electron chi connectivity index (χ0n) is 17.0. The first-order valence-electron chi connectivity index (χ1n) is 10.3. The molecule has 2 N–H and O–H groups in total. The monoisotopic (exact) mass is 476 g/mol. The molecule has 2 fully saturated rings. The Kier molecular flexibility index (Phi) is 7.12. The number of amides is 2. The van der Waals surface area contributed by atoms with Gasteiger partial charge in [-0.2, -0.15) is 0 Å². The molecule has 2 aromatic carbocycles. The molecule has 5 nitrogen and oxygen atoms in total. The number of hydrogen-bond acceptors (Lipinski definition) is 4. The number of carbonyl (C=O) groups excluding carboxylic acids is 2. The van der Waals surface area contributed by atoms with Crippen LogP contribution in [0.1, 0.15) is 22.3 Å².